The fourth-order valence-corrected chi connectivity index (χ4v) is 6.72. The Bertz CT molecular complexity index is 2450. The van der Waals surface area contributed by atoms with Crippen LogP contribution in [0.15, 0.2) is 126 Å². The van der Waals surface area contributed by atoms with Crippen LogP contribution in [-0.2, 0) is 18.0 Å². The van der Waals surface area contributed by atoms with Gasteiger partial charge in [-0.15, -0.1) is 0 Å². The van der Waals surface area contributed by atoms with Crippen molar-refractivity contribution in [2.75, 3.05) is 0 Å². The standard InChI is InChI=1S/C39H24N2O2/c1-40-28-13-16-37-34(20-28)31-6-2-4-8-36(31)41(37)29-14-10-26-22-42-23-27-18-24(11-15-30(27)33(26)21-29)25-12-17-39-35(19-25)32-7-3-5-9-38(32)43-39/h2-21H,22-23H2. The zero-order chi connectivity index (χ0) is 28.5. The fraction of sp³-hybridized carbons (Fsp3) is 0.0513. The predicted molar refractivity (Wildman–Crippen MR) is 174 cm³/mol. The van der Waals surface area contributed by atoms with Crippen molar-refractivity contribution in [1.29, 1.82) is 0 Å². The molecule has 0 unspecified atom stereocenters. The lowest BCUT2D eigenvalue weighted by Crippen LogP contribution is -1.97. The summed E-state index contributed by atoms with van der Waals surface area (Å²) >= 11 is 0. The minimum Gasteiger partial charge on any atom is -0.456 e. The molecule has 9 rings (SSSR count). The van der Waals surface area contributed by atoms with E-state index in [1.807, 2.05) is 24.3 Å². The summed E-state index contributed by atoms with van der Waals surface area (Å²) in [6, 6.07) is 42.4. The minimum atomic E-state index is 0.554. The van der Waals surface area contributed by atoms with Gasteiger partial charge in [-0.3, -0.25) is 0 Å². The van der Waals surface area contributed by atoms with E-state index in [2.05, 4.69) is 106 Å². The van der Waals surface area contributed by atoms with E-state index in [4.69, 9.17) is 15.7 Å². The summed E-state index contributed by atoms with van der Waals surface area (Å²) < 4.78 is 14.6. The molecule has 4 nitrogen and oxygen atoms in total. The van der Waals surface area contributed by atoms with Gasteiger partial charge < -0.3 is 13.7 Å². The molecule has 0 atom stereocenters. The van der Waals surface area contributed by atoms with Crippen molar-refractivity contribution in [2.45, 2.75) is 13.2 Å². The number of furan rings is 1. The predicted octanol–water partition coefficient (Wildman–Crippen LogP) is 10.6. The van der Waals surface area contributed by atoms with Crippen molar-refractivity contribution in [1.82, 2.24) is 4.57 Å². The monoisotopic (exact) mass is 552 g/mol. The number of aromatic nitrogens is 1. The number of para-hydroxylation sites is 2. The van der Waals surface area contributed by atoms with Crippen LogP contribution in [0.1, 0.15) is 11.1 Å². The summed E-state index contributed by atoms with van der Waals surface area (Å²) in [4.78, 5) is 3.68. The number of hydrogen-bond donors (Lipinski definition) is 0. The first-order chi connectivity index (χ1) is 21.2. The zero-order valence-corrected chi connectivity index (χ0v) is 23.2. The number of benzene rings is 6. The molecule has 1 aliphatic heterocycles. The first-order valence-electron chi connectivity index (χ1n) is 14.4. The van der Waals surface area contributed by atoms with Crippen molar-refractivity contribution in [3.8, 4) is 27.9 Å². The Labute approximate surface area is 247 Å². The third-order valence-electron chi connectivity index (χ3n) is 8.76. The molecule has 0 amide bonds. The molecule has 8 aromatic rings. The van der Waals surface area contributed by atoms with Gasteiger partial charge in [0.05, 0.1) is 30.8 Å². The second kappa shape index (κ2) is 9.19. The normalized spacial score (nSPS) is 12.8. The molecule has 6 aromatic carbocycles. The van der Waals surface area contributed by atoms with Crippen molar-refractivity contribution in [2.24, 2.45) is 0 Å². The molecule has 1 aliphatic rings. The SMILES string of the molecule is [C-]#[N+]c1ccc2c(c1)c1ccccc1n2-c1ccc2c(c1)-c1ccc(-c3ccc4oc5ccccc5c4c3)cc1COC2. The molecule has 0 spiro atoms. The van der Waals surface area contributed by atoms with Gasteiger partial charge in [-0.05, 0) is 93.4 Å². The summed E-state index contributed by atoms with van der Waals surface area (Å²) in [7, 11) is 0. The van der Waals surface area contributed by atoms with Gasteiger partial charge in [-0.1, -0.05) is 66.7 Å². The van der Waals surface area contributed by atoms with Crippen LogP contribution in [0.25, 0.3) is 76.5 Å². The van der Waals surface area contributed by atoms with Gasteiger partial charge in [0.15, 0.2) is 5.69 Å². The molecular formula is C39H24N2O2. The smallest absolute Gasteiger partial charge is 0.188 e. The quantitative estimate of drug-likeness (QED) is 0.200. The van der Waals surface area contributed by atoms with Crippen molar-refractivity contribution < 1.29 is 9.15 Å². The van der Waals surface area contributed by atoms with Crippen LogP contribution < -0.4 is 0 Å². The maximum Gasteiger partial charge on any atom is 0.188 e. The summed E-state index contributed by atoms with van der Waals surface area (Å²) in [5.74, 6) is 0. The van der Waals surface area contributed by atoms with E-state index >= 15 is 0 Å². The molecule has 0 bridgehead atoms. The van der Waals surface area contributed by atoms with Gasteiger partial charge in [-0.2, -0.15) is 0 Å². The van der Waals surface area contributed by atoms with Gasteiger partial charge in [0.2, 0.25) is 0 Å². The second-order valence-corrected chi connectivity index (χ2v) is 11.2. The number of fused-ring (bicyclic) bond motifs is 9. The second-order valence-electron chi connectivity index (χ2n) is 11.2. The van der Waals surface area contributed by atoms with Crippen molar-refractivity contribution in [3.05, 3.63) is 144 Å². The van der Waals surface area contributed by atoms with Gasteiger partial charge in [0, 0.05) is 21.8 Å². The lowest BCUT2D eigenvalue weighted by Gasteiger charge is -2.14. The zero-order valence-electron chi connectivity index (χ0n) is 23.2. The van der Waals surface area contributed by atoms with E-state index in [0.717, 1.165) is 60.6 Å². The van der Waals surface area contributed by atoms with Gasteiger partial charge in [-0.25, -0.2) is 4.85 Å². The number of hydrogen-bond acceptors (Lipinski definition) is 2. The number of nitrogens with zero attached hydrogens (tertiary/aromatic N) is 2. The van der Waals surface area contributed by atoms with Crippen molar-refractivity contribution >= 4 is 49.4 Å². The Hall–Kier alpha value is -5.63. The summed E-state index contributed by atoms with van der Waals surface area (Å²) in [5, 5.41) is 4.50. The minimum absolute atomic E-state index is 0.554. The highest BCUT2D eigenvalue weighted by Crippen LogP contribution is 2.40. The molecule has 43 heavy (non-hydrogen) atoms. The maximum atomic E-state index is 7.52. The molecule has 0 N–H and O–H groups in total. The molecule has 202 valence electrons. The number of rotatable bonds is 2. The Balaban J connectivity index is 1.19. The molecule has 0 saturated heterocycles. The Morgan fingerprint density at radius 3 is 2.26 bits per heavy atom. The third kappa shape index (κ3) is 3.66. The molecule has 2 aromatic heterocycles. The topological polar surface area (TPSA) is 31.7 Å². The summed E-state index contributed by atoms with van der Waals surface area (Å²) in [6.45, 7) is 8.64. The summed E-state index contributed by atoms with van der Waals surface area (Å²) in [6.07, 6.45) is 0. The fourth-order valence-electron chi connectivity index (χ4n) is 6.72. The van der Waals surface area contributed by atoms with Crippen LogP contribution in [0.3, 0.4) is 0 Å². The van der Waals surface area contributed by atoms with Crippen LogP contribution >= 0.6 is 0 Å². The van der Waals surface area contributed by atoms with E-state index in [9.17, 15) is 0 Å². The lowest BCUT2D eigenvalue weighted by molar-refractivity contribution is 0.110. The van der Waals surface area contributed by atoms with Gasteiger partial charge >= 0.3 is 0 Å². The Kier molecular flexibility index (Phi) is 5.13. The van der Waals surface area contributed by atoms with E-state index in [0.29, 0.717) is 18.9 Å². The lowest BCUT2D eigenvalue weighted by atomic mass is 9.92. The average molecular weight is 553 g/mol. The van der Waals surface area contributed by atoms with E-state index in [-0.39, 0.29) is 0 Å². The first kappa shape index (κ1) is 24.0. The van der Waals surface area contributed by atoms with Crippen LogP contribution in [0.5, 0.6) is 0 Å². The molecule has 0 radical (unpaired) electrons. The molecule has 3 heterocycles. The van der Waals surface area contributed by atoms with Crippen LogP contribution in [0, 0.1) is 6.57 Å². The average Bonchev–Trinajstić information content (AvgIpc) is 3.53. The maximum absolute atomic E-state index is 7.52. The highest BCUT2D eigenvalue weighted by atomic mass is 16.5. The molecule has 0 saturated carbocycles. The molecule has 0 aliphatic carbocycles. The molecule has 0 fully saturated rings. The number of ether oxygens (including phenoxy) is 1. The highest BCUT2D eigenvalue weighted by molar-refractivity contribution is 6.10. The highest BCUT2D eigenvalue weighted by Gasteiger charge is 2.19. The van der Waals surface area contributed by atoms with Crippen LogP contribution in [0.2, 0.25) is 0 Å². The van der Waals surface area contributed by atoms with E-state index in [1.54, 1.807) is 0 Å². The first-order valence-corrected chi connectivity index (χ1v) is 14.4. The van der Waals surface area contributed by atoms with Crippen LogP contribution in [0.4, 0.5) is 5.69 Å². The van der Waals surface area contributed by atoms with Crippen molar-refractivity contribution in [3.63, 3.8) is 0 Å². The molecular weight excluding hydrogens is 528 g/mol. The van der Waals surface area contributed by atoms with Gasteiger partial charge in [0.25, 0.3) is 0 Å². The Morgan fingerprint density at radius 2 is 1.33 bits per heavy atom. The Morgan fingerprint density at radius 1 is 0.558 bits per heavy atom. The van der Waals surface area contributed by atoms with Crippen LogP contribution in [-0.4, -0.2) is 4.57 Å². The molecule has 4 heteroatoms. The largest absolute Gasteiger partial charge is 0.456 e. The summed E-state index contributed by atoms with van der Waals surface area (Å²) in [5.41, 5.74) is 12.8. The van der Waals surface area contributed by atoms with E-state index < -0.39 is 0 Å². The van der Waals surface area contributed by atoms with E-state index in [1.165, 1.54) is 22.3 Å². The van der Waals surface area contributed by atoms with Gasteiger partial charge in [0.1, 0.15) is 11.2 Å². The third-order valence-corrected chi connectivity index (χ3v) is 8.76.